The van der Waals surface area contributed by atoms with Gasteiger partial charge in [-0.1, -0.05) is 77.8 Å². The third-order valence-corrected chi connectivity index (χ3v) is 9.59. The number of sulfonamides is 1. The summed E-state index contributed by atoms with van der Waals surface area (Å²) in [4.78, 5) is 40.4. The van der Waals surface area contributed by atoms with Crippen LogP contribution in [-0.2, 0) is 32.6 Å². The molecule has 1 atom stereocenters. The molecule has 246 valence electrons. The fourth-order valence-electron chi connectivity index (χ4n) is 4.83. The fourth-order valence-corrected chi connectivity index (χ4v) is 6.59. The van der Waals surface area contributed by atoms with Gasteiger partial charge in [0.2, 0.25) is 11.8 Å². The molecule has 0 aliphatic rings. The van der Waals surface area contributed by atoms with Crippen LogP contribution in [0.25, 0.3) is 0 Å². The Hall–Kier alpha value is -4.45. The van der Waals surface area contributed by atoms with Crippen LogP contribution < -0.4 is 9.62 Å². The van der Waals surface area contributed by atoms with Gasteiger partial charge in [-0.2, -0.15) is 0 Å². The maximum atomic E-state index is 14.5. The number of hydrogen-bond acceptors (Lipinski definition) is 6. The van der Waals surface area contributed by atoms with Gasteiger partial charge in [-0.25, -0.2) is 8.42 Å². The quantitative estimate of drug-likeness (QED) is 0.130. The zero-order valence-corrected chi connectivity index (χ0v) is 28.3. The SMILES string of the molecule is CC(C)(C)NC(=O)[C@@H](Cc1ccccc1)N(Cc1ccc(Cl)c(Cl)c1)C(=O)CN(c1ccc([N+](=O)[O-])cc1)S(=O)(=O)c1ccccc1. The lowest BCUT2D eigenvalue weighted by molar-refractivity contribution is -0.384. The maximum absolute atomic E-state index is 14.5. The first-order valence-corrected chi connectivity index (χ1v) is 16.8. The standard InChI is InChI=1S/C34H34Cl2N4O6S/c1-34(2,3)37-33(42)31(21-24-10-6-4-7-11-24)38(22-25-14-19-29(35)30(36)20-25)32(41)23-39(26-15-17-27(18-16-26)40(43)44)47(45,46)28-12-8-5-9-13-28/h4-20,31H,21-23H2,1-3H3,(H,37,42)/t31-/m1/s1. The van der Waals surface area contributed by atoms with Crippen molar-refractivity contribution < 1.29 is 22.9 Å². The van der Waals surface area contributed by atoms with E-state index in [0.29, 0.717) is 10.6 Å². The number of non-ortho nitro benzene ring substituents is 1. The second-order valence-electron chi connectivity index (χ2n) is 11.8. The van der Waals surface area contributed by atoms with Gasteiger partial charge >= 0.3 is 0 Å². The number of carbonyl (C=O) groups excluding carboxylic acids is 2. The molecule has 4 aromatic carbocycles. The van der Waals surface area contributed by atoms with Gasteiger partial charge < -0.3 is 10.2 Å². The molecule has 1 N–H and O–H groups in total. The number of nitro groups is 1. The largest absolute Gasteiger partial charge is 0.350 e. The highest BCUT2D eigenvalue weighted by atomic mass is 35.5. The van der Waals surface area contributed by atoms with Crippen LogP contribution in [-0.4, -0.2) is 48.2 Å². The van der Waals surface area contributed by atoms with E-state index in [1.54, 1.807) is 36.4 Å². The fraction of sp³-hybridized carbons (Fsp3) is 0.235. The molecule has 0 saturated heterocycles. The highest BCUT2D eigenvalue weighted by molar-refractivity contribution is 7.92. The minimum absolute atomic E-state index is 0.0287. The van der Waals surface area contributed by atoms with Gasteiger partial charge in [0.1, 0.15) is 12.6 Å². The van der Waals surface area contributed by atoms with Crippen LogP contribution in [0.2, 0.25) is 10.0 Å². The molecule has 0 spiro atoms. The first-order chi connectivity index (χ1) is 22.2. The molecular weight excluding hydrogens is 663 g/mol. The first kappa shape index (κ1) is 35.4. The van der Waals surface area contributed by atoms with Crippen molar-refractivity contribution in [3.63, 3.8) is 0 Å². The smallest absolute Gasteiger partial charge is 0.269 e. The van der Waals surface area contributed by atoms with Crippen LogP contribution >= 0.6 is 23.2 Å². The number of halogens is 2. The minimum Gasteiger partial charge on any atom is -0.350 e. The molecule has 0 heterocycles. The van der Waals surface area contributed by atoms with Gasteiger partial charge in [0.05, 0.1) is 25.6 Å². The number of nitro benzene ring substituents is 1. The Morgan fingerprint density at radius 1 is 0.851 bits per heavy atom. The molecule has 0 unspecified atom stereocenters. The van der Waals surface area contributed by atoms with E-state index in [-0.39, 0.29) is 34.3 Å². The summed E-state index contributed by atoms with van der Waals surface area (Å²) in [6, 6.07) is 25.3. The molecule has 0 saturated carbocycles. The summed E-state index contributed by atoms with van der Waals surface area (Å²) >= 11 is 12.5. The lowest BCUT2D eigenvalue weighted by Crippen LogP contribution is -2.56. The van der Waals surface area contributed by atoms with Crippen molar-refractivity contribution >= 4 is 56.4 Å². The minimum atomic E-state index is -4.36. The van der Waals surface area contributed by atoms with E-state index in [0.717, 1.165) is 22.0 Å². The molecule has 10 nitrogen and oxygen atoms in total. The van der Waals surface area contributed by atoms with E-state index in [2.05, 4.69) is 5.32 Å². The van der Waals surface area contributed by atoms with Crippen LogP contribution in [0.5, 0.6) is 0 Å². The third-order valence-electron chi connectivity index (χ3n) is 7.06. The van der Waals surface area contributed by atoms with E-state index in [1.165, 1.54) is 29.2 Å². The van der Waals surface area contributed by atoms with Gasteiger partial charge in [-0.3, -0.25) is 24.0 Å². The van der Waals surface area contributed by atoms with E-state index >= 15 is 0 Å². The number of rotatable bonds is 12. The molecular formula is C34H34Cl2N4O6S. The molecule has 0 bridgehead atoms. The summed E-state index contributed by atoms with van der Waals surface area (Å²) in [5.41, 5.74) is 0.465. The van der Waals surface area contributed by atoms with Crippen molar-refractivity contribution in [3.8, 4) is 0 Å². The molecule has 2 amide bonds. The second kappa shape index (κ2) is 15.0. The summed E-state index contributed by atoms with van der Waals surface area (Å²) < 4.78 is 29.0. The first-order valence-electron chi connectivity index (χ1n) is 14.6. The van der Waals surface area contributed by atoms with E-state index in [1.807, 2.05) is 51.1 Å². The second-order valence-corrected chi connectivity index (χ2v) is 14.5. The highest BCUT2D eigenvalue weighted by Crippen LogP contribution is 2.28. The predicted octanol–water partition coefficient (Wildman–Crippen LogP) is 6.65. The summed E-state index contributed by atoms with van der Waals surface area (Å²) in [5, 5.41) is 14.8. The average molecular weight is 698 g/mol. The van der Waals surface area contributed by atoms with Gasteiger partial charge in [0.25, 0.3) is 15.7 Å². The number of carbonyl (C=O) groups is 2. The topological polar surface area (TPSA) is 130 Å². The van der Waals surface area contributed by atoms with Crippen molar-refractivity contribution in [1.29, 1.82) is 0 Å². The van der Waals surface area contributed by atoms with Gasteiger partial charge in [-0.15, -0.1) is 0 Å². The summed E-state index contributed by atoms with van der Waals surface area (Å²) in [6.45, 7) is 4.63. The Morgan fingerprint density at radius 3 is 2.00 bits per heavy atom. The monoisotopic (exact) mass is 696 g/mol. The predicted molar refractivity (Wildman–Crippen MR) is 183 cm³/mol. The van der Waals surface area contributed by atoms with Gasteiger partial charge in [0.15, 0.2) is 0 Å². The van der Waals surface area contributed by atoms with E-state index in [9.17, 15) is 28.1 Å². The Balaban J connectivity index is 1.84. The molecule has 0 aliphatic carbocycles. The average Bonchev–Trinajstić information content (AvgIpc) is 3.03. The number of hydrogen-bond donors (Lipinski definition) is 1. The molecule has 0 aromatic heterocycles. The normalized spacial score (nSPS) is 12.2. The zero-order chi connectivity index (χ0) is 34.4. The van der Waals surface area contributed by atoms with Crippen molar-refractivity contribution in [2.24, 2.45) is 0 Å². The maximum Gasteiger partial charge on any atom is 0.269 e. The van der Waals surface area contributed by atoms with Crippen molar-refractivity contribution in [1.82, 2.24) is 10.2 Å². The number of anilines is 1. The Kier molecular flexibility index (Phi) is 11.3. The molecule has 4 rings (SSSR count). The van der Waals surface area contributed by atoms with Crippen LogP contribution in [0.4, 0.5) is 11.4 Å². The molecule has 4 aromatic rings. The lowest BCUT2D eigenvalue weighted by Gasteiger charge is -2.35. The Labute approximate surface area is 284 Å². The molecule has 0 radical (unpaired) electrons. The summed E-state index contributed by atoms with van der Waals surface area (Å²) in [6.07, 6.45) is 0.124. The van der Waals surface area contributed by atoms with Crippen molar-refractivity contribution in [3.05, 3.63) is 134 Å². The molecule has 0 aliphatic heterocycles. The van der Waals surface area contributed by atoms with Crippen molar-refractivity contribution in [2.45, 2.75) is 50.2 Å². The lowest BCUT2D eigenvalue weighted by atomic mass is 10.0. The van der Waals surface area contributed by atoms with Gasteiger partial charge in [-0.05, 0) is 68.3 Å². The molecule has 13 heteroatoms. The summed E-state index contributed by atoms with van der Waals surface area (Å²) in [7, 11) is -4.36. The number of nitrogens with one attached hydrogen (secondary N) is 1. The van der Waals surface area contributed by atoms with E-state index in [4.69, 9.17) is 23.2 Å². The van der Waals surface area contributed by atoms with Crippen LogP contribution in [0, 0.1) is 10.1 Å². The van der Waals surface area contributed by atoms with Gasteiger partial charge in [0, 0.05) is 30.6 Å². The highest BCUT2D eigenvalue weighted by Gasteiger charge is 2.35. The Bertz CT molecular complexity index is 1830. The summed E-state index contributed by atoms with van der Waals surface area (Å²) in [5.74, 6) is -1.14. The number of nitrogens with zero attached hydrogens (tertiary/aromatic N) is 3. The van der Waals surface area contributed by atoms with Crippen LogP contribution in [0.3, 0.4) is 0 Å². The molecule has 0 fully saturated rings. The number of amides is 2. The van der Waals surface area contributed by atoms with Crippen LogP contribution in [0.15, 0.2) is 108 Å². The van der Waals surface area contributed by atoms with Crippen LogP contribution in [0.1, 0.15) is 31.9 Å². The van der Waals surface area contributed by atoms with E-state index < -0.39 is 44.9 Å². The third kappa shape index (κ3) is 9.31. The molecule has 47 heavy (non-hydrogen) atoms. The number of benzene rings is 4. The Morgan fingerprint density at radius 2 is 1.45 bits per heavy atom. The zero-order valence-electron chi connectivity index (χ0n) is 26.0. The van der Waals surface area contributed by atoms with Crippen molar-refractivity contribution in [2.75, 3.05) is 10.8 Å².